The summed E-state index contributed by atoms with van der Waals surface area (Å²) >= 11 is 1.46. The van der Waals surface area contributed by atoms with Gasteiger partial charge in [0.15, 0.2) is 0 Å². The lowest BCUT2D eigenvalue weighted by Gasteiger charge is -2.14. The number of carbonyl (C=O) groups is 1. The minimum Gasteiger partial charge on any atom is -0.377 e. The zero-order chi connectivity index (χ0) is 21.5. The normalized spacial score (nSPS) is 18.9. The van der Waals surface area contributed by atoms with E-state index in [9.17, 15) is 4.79 Å². The van der Waals surface area contributed by atoms with E-state index in [1.807, 2.05) is 25.1 Å². The van der Waals surface area contributed by atoms with E-state index in [2.05, 4.69) is 33.5 Å². The quantitative estimate of drug-likeness (QED) is 0.487. The third-order valence-corrected chi connectivity index (χ3v) is 6.91. The summed E-state index contributed by atoms with van der Waals surface area (Å²) in [6, 6.07) is 12.2. The summed E-state index contributed by atoms with van der Waals surface area (Å²) in [6.45, 7) is 3.10. The van der Waals surface area contributed by atoms with Crippen molar-refractivity contribution in [2.24, 2.45) is 0 Å². The summed E-state index contributed by atoms with van der Waals surface area (Å²) in [5, 5.41) is 4.65. The smallest absolute Gasteiger partial charge is 0.264 e. The van der Waals surface area contributed by atoms with Gasteiger partial charge in [0.2, 0.25) is 0 Å². The summed E-state index contributed by atoms with van der Waals surface area (Å²) in [5.41, 5.74) is 4.98. The number of rotatable bonds is 5. The Labute approximate surface area is 184 Å². The minimum atomic E-state index is -0.106. The van der Waals surface area contributed by atoms with Gasteiger partial charge < -0.3 is 24.7 Å². The molecule has 0 unspecified atom stereocenters. The fraction of sp³-hybridized carbons (Fsp3) is 0.304. The molecule has 7 nitrogen and oxygen atoms in total. The Morgan fingerprint density at radius 1 is 1.16 bits per heavy atom. The average Bonchev–Trinajstić information content (AvgIpc) is 3.48. The number of H-pyrrole nitrogens is 1. The first-order valence-corrected chi connectivity index (χ1v) is 11.0. The van der Waals surface area contributed by atoms with Crippen molar-refractivity contribution in [3.8, 4) is 0 Å². The molecule has 1 aromatic carbocycles. The summed E-state index contributed by atoms with van der Waals surface area (Å²) in [7, 11) is 3.30. The molecule has 0 aliphatic carbocycles. The highest BCUT2D eigenvalue weighted by molar-refractivity contribution is 7.21. The van der Waals surface area contributed by atoms with Crippen LogP contribution in [0, 0.1) is 6.92 Å². The van der Waals surface area contributed by atoms with Gasteiger partial charge >= 0.3 is 0 Å². The second kappa shape index (κ2) is 7.96. The molecule has 0 saturated carbocycles. The zero-order valence-corrected chi connectivity index (χ0v) is 18.5. The first kappa shape index (κ1) is 20.0. The summed E-state index contributed by atoms with van der Waals surface area (Å²) in [5.74, 6) is -0.0141. The van der Waals surface area contributed by atoms with Crippen molar-refractivity contribution in [2.75, 3.05) is 32.6 Å². The second-order valence-electron chi connectivity index (χ2n) is 7.82. The zero-order valence-electron chi connectivity index (χ0n) is 17.6. The van der Waals surface area contributed by atoms with Gasteiger partial charge in [0.1, 0.15) is 12.2 Å². The fourth-order valence-electron chi connectivity index (χ4n) is 4.17. The monoisotopic (exact) mass is 436 g/mol. The molecule has 31 heavy (non-hydrogen) atoms. The topological polar surface area (TPSA) is 79.5 Å². The highest BCUT2D eigenvalue weighted by atomic mass is 32.1. The van der Waals surface area contributed by atoms with Gasteiger partial charge in [-0.15, -0.1) is 11.3 Å². The highest BCUT2D eigenvalue weighted by Gasteiger charge is 2.36. The Morgan fingerprint density at radius 3 is 2.68 bits per heavy atom. The SMILES string of the molecule is CO[C@H]1CN(C(=O)c2cc3nccc(Nc4ccc5[nH]c(C)cc5c4)c3s2)C[C@H]1OC. The van der Waals surface area contributed by atoms with Crippen LogP contribution in [-0.2, 0) is 9.47 Å². The molecular formula is C23H24N4O3S. The lowest BCUT2D eigenvalue weighted by molar-refractivity contribution is -0.00461. The van der Waals surface area contributed by atoms with E-state index in [4.69, 9.17) is 9.47 Å². The fourth-order valence-corrected chi connectivity index (χ4v) is 5.22. The van der Waals surface area contributed by atoms with E-state index in [1.54, 1.807) is 25.3 Å². The second-order valence-corrected chi connectivity index (χ2v) is 8.87. The van der Waals surface area contributed by atoms with Crippen LogP contribution in [-0.4, -0.2) is 60.3 Å². The first-order chi connectivity index (χ1) is 15.1. The number of ether oxygens (including phenoxy) is 2. The number of carbonyl (C=O) groups excluding carboxylic acids is 1. The number of thiophene rings is 1. The molecule has 1 aliphatic heterocycles. The third kappa shape index (κ3) is 3.67. The molecule has 2 atom stereocenters. The molecule has 3 aromatic heterocycles. The van der Waals surface area contributed by atoms with Gasteiger partial charge in [0.25, 0.3) is 5.91 Å². The van der Waals surface area contributed by atoms with Crippen molar-refractivity contribution in [3.05, 3.63) is 53.2 Å². The predicted molar refractivity (Wildman–Crippen MR) is 123 cm³/mol. The molecule has 1 aliphatic rings. The van der Waals surface area contributed by atoms with Gasteiger partial charge in [-0.25, -0.2) is 0 Å². The van der Waals surface area contributed by atoms with Crippen LogP contribution in [0.2, 0.25) is 0 Å². The van der Waals surface area contributed by atoms with Gasteiger partial charge in [-0.1, -0.05) is 0 Å². The van der Waals surface area contributed by atoms with E-state index >= 15 is 0 Å². The lowest BCUT2D eigenvalue weighted by Crippen LogP contribution is -2.29. The Hall–Kier alpha value is -2.94. The number of anilines is 2. The number of benzene rings is 1. The Morgan fingerprint density at radius 2 is 1.94 bits per heavy atom. The van der Waals surface area contributed by atoms with Crippen molar-refractivity contribution >= 4 is 49.7 Å². The Bertz CT molecular complexity index is 1250. The number of pyridine rings is 1. The summed E-state index contributed by atoms with van der Waals surface area (Å²) in [4.78, 5) is 23.4. The van der Waals surface area contributed by atoms with Crippen molar-refractivity contribution in [2.45, 2.75) is 19.1 Å². The number of likely N-dealkylation sites (tertiary alicyclic amines) is 1. The standard InChI is InChI=1S/C23H24N4O3S/c1-13-8-14-9-15(4-5-16(14)25-13)26-17-6-7-24-18-10-21(31-22(17)18)23(28)27-11-19(29-2)20(12-27)30-3/h4-10,19-20,25H,11-12H2,1-3H3,(H,24,26)/t19-,20+. The van der Waals surface area contributed by atoms with Crippen molar-refractivity contribution in [1.29, 1.82) is 0 Å². The molecule has 1 amide bonds. The number of aryl methyl sites for hydroxylation is 1. The van der Waals surface area contributed by atoms with E-state index in [-0.39, 0.29) is 18.1 Å². The van der Waals surface area contributed by atoms with Crippen LogP contribution in [0.3, 0.4) is 0 Å². The first-order valence-electron chi connectivity index (χ1n) is 10.2. The molecule has 1 saturated heterocycles. The molecule has 1 fully saturated rings. The number of aromatic amines is 1. The van der Waals surface area contributed by atoms with Gasteiger partial charge in [-0.05, 0) is 43.3 Å². The van der Waals surface area contributed by atoms with Gasteiger partial charge in [0, 0.05) is 55.8 Å². The van der Waals surface area contributed by atoms with Crippen LogP contribution in [0.4, 0.5) is 11.4 Å². The van der Waals surface area contributed by atoms with Crippen molar-refractivity contribution in [1.82, 2.24) is 14.9 Å². The van der Waals surface area contributed by atoms with E-state index in [0.717, 1.165) is 38.2 Å². The van der Waals surface area contributed by atoms with Crippen LogP contribution in [0.1, 0.15) is 15.4 Å². The van der Waals surface area contributed by atoms with Crippen LogP contribution < -0.4 is 5.32 Å². The molecule has 2 N–H and O–H groups in total. The van der Waals surface area contributed by atoms with Crippen LogP contribution in [0.25, 0.3) is 21.1 Å². The average molecular weight is 437 g/mol. The Kier molecular flexibility index (Phi) is 5.13. The molecule has 5 rings (SSSR count). The van der Waals surface area contributed by atoms with Gasteiger partial charge in [-0.2, -0.15) is 0 Å². The maximum atomic E-state index is 13.1. The molecular weight excluding hydrogens is 412 g/mol. The molecule has 4 heterocycles. The largest absolute Gasteiger partial charge is 0.377 e. The van der Waals surface area contributed by atoms with E-state index in [1.165, 1.54) is 11.3 Å². The number of amides is 1. The third-order valence-electron chi connectivity index (χ3n) is 5.77. The van der Waals surface area contributed by atoms with Crippen LogP contribution in [0.15, 0.2) is 42.6 Å². The predicted octanol–water partition coefficient (Wildman–Crippen LogP) is 4.32. The maximum absolute atomic E-state index is 13.1. The summed E-state index contributed by atoms with van der Waals surface area (Å²) < 4.78 is 11.9. The number of nitrogens with zero attached hydrogens (tertiary/aromatic N) is 2. The highest BCUT2D eigenvalue weighted by Crippen LogP contribution is 2.34. The number of hydrogen-bond acceptors (Lipinski definition) is 6. The van der Waals surface area contributed by atoms with Crippen LogP contribution in [0.5, 0.6) is 0 Å². The Balaban J connectivity index is 1.42. The summed E-state index contributed by atoms with van der Waals surface area (Å²) in [6.07, 6.45) is 1.55. The maximum Gasteiger partial charge on any atom is 0.264 e. The van der Waals surface area contributed by atoms with Gasteiger partial charge in [-0.3, -0.25) is 9.78 Å². The van der Waals surface area contributed by atoms with Crippen molar-refractivity contribution < 1.29 is 14.3 Å². The molecule has 4 aromatic rings. The number of nitrogens with one attached hydrogen (secondary N) is 2. The molecule has 8 heteroatoms. The minimum absolute atomic E-state index is 0.0141. The lowest BCUT2D eigenvalue weighted by atomic mass is 10.2. The molecule has 0 spiro atoms. The van der Waals surface area contributed by atoms with Crippen molar-refractivity contribution in [3.63, 3.8) is 0 Å². The number of methoxy groups -OCH3 is 2. The number of fused-ring (bicyclic) bond motifs is 2. The molecule has 160 valence electrons. The van der Waals surface area contributed by atoms with E-state index < -0.39 is 0 Å². The number of hydrogen-bond donors (Lipinski definition) is 2. The van der Waals surface area contributed by atoms with Gasteiger partial charge in [0.05, 0.1) is 20.8 Å². The molecule has 0 bridgehead atoms. The van der Waals surface area contributed by atoms with Crippen LogP contribution >= 0.6 is 11.3 Å². The molecule has 0 radical (unpaired) electrons. The number of aromatic nitrogens is 2. The van der Waals surface area contributed by atoms with E-state index in [0.29, 0.717) is 18.0 Å².